The lowest BCUT2D eigenvalue weighted by Crippen LogP contribution is -1.95. The van der Waals surface area contributed by atoms with Crippen molar-refractivity contribution in [3.05, 3.63) is 45.6 Å². The lowest BCUT2D eigenvalue weighted by atomic mass is 10.3. The molecular weight excluding hydrogens is 308 g/mol. The predicted molar refractivity (Wildman–Crippen MR) is 65.6 cm³/mol. The van der Waals surface area contributed by atoms with Gasteiger partial charge in [0.1, 0.15) is 0 Å². The van der Waals surface area contributed by atoms with Crippen molar-refractivity contribution in [1.82, 2.24) is 4.57 Å². The average Bonchev–Trinajstić information content (AvgIpc) is 2.54. The van der Waals surface area contributed by atoms with Crippen LogP contribution in [0.5, 0.6) is 0 Å². The number of aromatic nitrogens is 1. The second-order valence-corrected chi connectivity index (χ2v) is 4.63. The Hall–Kier alpha value is -0.740. The van der Waals surface area contributed by atoms with E-state index >= 15 is 0 Å². The molecule has 0 unspecified atom stereocenters. The Labute approximate surface area is 99.0 Å². The van der Waals surface area contributed by atoms with E-state index in [2.05, 4.69) is 31.9 Å². The van der Waals surface area contributed by atoms with Crippen molar-refractivity contribution in [2.45, 2.75) is 0 Å². The van der Waals surface area contributed by atoms with E-state index < -0.39 is 0 Å². The molecule has 1 aromatic heterocycles. The van der Waals surface area contributed by atoms with Gasteiger partial charge in [-0.25, -0.2) is 0 Å². The summed E-state index contributed by atoms with van der Waals surface area (Å²) in [5.74, 6) is 0. The Kier molecular flexibility index (Phi) is 2.65. The number of anilines is 1. The molecule has 2 nitrogen and oxygen atoms in total. The topological polar surface area (TPSA) is 30.9 Å². The molecule has 0 radical (unpaired) electrons. The van der Waals surface area contributed by atoms with Crippen LogP contribution in [0, 0.1) is 0 Å². The fraction of sp³-hybridized carbons (Fsp3) is 0. The standard InChI is InChI=1S/C10H8Br2N2/c11-8-5-7(13)6-9(12)10(8)14-3-1-2-4-14/h1-6H,13H2. The average molecular weight is 316 g/mol. The maximum Gasteiger partial charge on any atom is 0.0737 e. The van der Waals surface area contributed by atoms with Crippen molar-refractivity contribution >= 4 is 37.5 Å². The number of nitrogen functional groups attached to an aromatic ring is 1. The normalized spacial score (nSPS) is 10.4. The van der Waals surface area contributed by atoms with Crippen LogP contribution in [-0.2, 0) is 0 Å². The third-order valence-electron chi connectivity index (χ3n) is 1.90. The van der Waals surface area contributed by atoms with E-state index in [4.69, 9.17) is 5.73 Å². The molecule has 0 aliphatic heterocycles. The lowest BCUT2D eigenvalue weighted by Gasteiger charge is -2.09. The Balaban J connectivity index is 2.64. The van der Waals surface area contributed by atoms with Crippen LogP contribution in [0.3, 0.4) is 0 Å². The number of benzene rings is 1. The minimum atomic E-state index is 0.736. The molecule has 4 heteroatoms. The summed E-state index contributed by atoms with van der Waals surface area (Å²) >= 11 is 6.98. The van der Waals surface area contributed by atoms with Gasteiger partial charge in [0.15, 0.2) is 0 Å². The first-order chi connectivity index (χ1) is 6.68. The van der Waals surface area contributed by atoms with E-state index in [1.54, 1.807) is 0 Å². The van der Waals surface area contributed by atoms with Gasteiger partial charge in [-0.05, 0) is 56.1 Å². The molecule has 2 aromatic rings. The molecule has 0 atom stereocenters. The van der Waals surface area contributed by atoms with Gasteiger partial charge >= 0.3 is 0 Å². The molecular formula is C10H8Br2N2. The number of nitrogens with two attached hydrogens (primary N) is 1. The van der Waals surface area contributed by atoms with Crippen LogP contribution in [0.15, 0.2) is 45.6 Å². The van der Waals surface area contributed by atoms with Crippen molar-refractivity contribution in [2.75, 3.05) is 5.73 Å². The second kappa shape index (κ2) is 3.79. The van der Waals surface area contributed by atoms with Gasteiger partial charge in [0.05, 0.1) is 5.69 Å². The minimum absolute atomic E-state index is 0.736. The predicted octanol–water partition coefficient (Wildman–Crippen LogP) is 3.58. The molecule has 1 heterocycles. The van der Waals surface area contributed by atoms with Gasteiger partial charge < -0.3 is 10.3 Å². The highest BCUT2D eigenvalue weighted by Crippen LogP contribution is 2.31. The summed E-state index contributed by atoms with van der Waals surface area (Å²) in [4.78, 5) is 0. The molecule has 0 fully saturated rings. The van der Waals surface area contributed by atoms with Gasteiger partial charge in [0, 0.05) is 27.0 Å². The first kappa shape index (κ1) is 9.80. The summed E-state index contributed by atoms with van der Waals surface area (Å²) in [7, 11) is 0. The van der Waals surface area contributed by atoms with E-state index in [0.717, 1.165) is 20.3 Å². The SMILES string of the molecule is Nc1cc(Br)c(-n2cccc2)c(Br)c1. The van der Waals surface area contributed by atoms with Gasteiger partial charge in [-0.15, -0.1) is 0 Å². The third kappa shape index (κ3) is 1.72. The molecule has 2 N–H and O–H groups in total. The van der Waals surface area contributed by atoms with Crippen LogP contribution in [0.4, 0.5) is 5.69 Å². The maximum atomic E-state index is 5.71. The van der Waals surface area contributed by atoms with E-state index in [0.29, 0.717) is 0 Å². The molecule has 1 aromatic carbocycles. The van der Waals surface area contributed by atoms with Crippen LogP contribution < -0.4 is 5.73 Å². The maximum absolute atomic E-state index is 5.71. The van der Waals surface area contributed by atoms with E-state index in [1.165, 1.54) is 0 Å². The van der Waals surface area contributed by atoms with Crippen LogP contribution in [0.25, 0.3) is 5.69 Å². The highest BCUT2D eigenvalue weighted by Gasteiger charge is 2.07. The van der Waals surface area contributed by atoms with E-state index in [9.17, 15) is 0 Å². The summed E-state index contributed by atoms with van der Waals surface area (Å²) in [5.41, 5.74) is 7.51. The summed E-state index contributed by atoms with van der Waals surface area (Å²) < 4.78 is 3.97. The van der Waals surface area contributed by atoms with E-state index in [-0.39, 0.29) is 0 Å². The first-order valence-corrected chi connectivity index (χ1v) is 5.65. The fourth-order valence-corrected chi connectivity index (χ4v) is 2.95. The molecule has 0 saturated heterocycles. The molecule has 0 aliphatic carbocycles. The van der Waals surface area contributed by atoms with Crippen LogP contribution in [0.2, 0.25) is 0 Å². The van der Waals surface area contributed by atoms with Crippen LogP contribution in [0.1, 0.15) is 0 Å². The number of halogens is 2. The van der Waals surface area contributed by atoms with Crippen molar-refractivity contribution in [3.63, 3.8) is 0 Å². The largest absolute Gasteiger partial charge is 0.399 e. The van der Waals surface area contributed by atoms with Crippen molar-refractivity contribution in [1.29, 1.82) is 0 Å². The first-order valence-electron chi connectivity index (χ1n) is 4.06. The van der Waals surface area contributed by atoms with Crippen molar-refractivity contribution in [2.24, 2.45) is 0 Å². The Morgan fingerprint density at radius 3 is 2.00 bits per heavy atom. The molecule has 0 saturated carbocycles. The lowest BCUT2D eigenvalue weighted by molar-refractivity contribution is 1.06. The number of nitrogens with zero attached hydrogens (tertiary/aromatic N) is 1. The summed E-state index contributed by atoms with van der Waals surface area (Å²) in [6.45, 7) is 0. The van der Waals surface area contributed by atoms with Crippen molar-refractivity contribution < 1.29 is 0 Å². The molecule has 72 valence electrons. The van der Waals surface area contributed by atoms with Gasteiger partial charge in [0.2, 0.25) is 0 Å². The molecule has 0 aliphatic rings. The highest BCUT2D eigenvalue weighted by atomic mass is 79.9. The number of rotatable bonds is 1. The van der Waals surface area contributed by atoms with Gasteiger partial charge in [-0.1, -0.05) is 0 Å². The minimum Gasteiger partial charge on any atom is -0.399 e. The summed E-state index contributed by atoms with van der Waals surface area (Å²) in [6, 6.07) is 7.74. The zero-order chi connectivity index (χ0) is 10.1. The molecule has 0 amide bonds. The summed E-state index contributed by atoms with van der Waals surface area (Å²) in [5, 5.41) is 0. The smallest absolute Gasteiger partial charge is 0.0737 e. The fourth-order valence-electron chi connectivity index (χ4n) is 1.32. The molecule has 0 bridgehead atoms. The van der Waals surface area contributed by atoms with E-state index in [1.807, 2.05) is 41.2 Å². The molecule has 2 rings (SSSR count). The number of hydrogen-bond donors (Lipinski definition) is 1. The monoisotopic (exact) mass is 314 g/mol. The van der Waals surface area contributed by atoms with Crippen LogP contribution in [-0.4, -0.2) is 4.57 Å². The van der Waals surface area contributed by atoms with Crippen molar-refractivity contribution in [3.8, 4) is 5.69 Å². The zero-order valence-corrected chi connectivity index (χ0v) is 10.4. The zero-order valence-electron chi connectivity index (χ0n) is 7.24. The Morgan fingerprint density at radius 2 is 1.50 bits per heavy atom. The quantitative estimate of drug-likeness (QED) is 0.801. The van der Waals surface area contributed by atoms with Gasteiger partial charge in [-0.3, -0.25) is 0 Å². The Bertz CT molecular complexity index is 426. The second-order valence-electron chi connectivity index (χ2n) is 2.92. The van der Waals surface area contributed by atoms with Gasteiger partial charge in [0.25, 0.3) is 0 Å². The molecule has 0 spiro atoms. The Morgan fingerprint density at radius 1 is 1.00 bits per heavy atom. The number of hydrogen-bond acceptors (Lipinski definition) is 1. The third-order valence-corrected chi connectivity index (χ3v) is 3.11. The van der Waals surface area contributed by atoms with Gasteiger partial charge in [-0.2, -0.15) is 0 Å². The van der Waals surface area contributed by atoms with Crippen LogP contribution >= 0.6 is 31.9 Å². The highest BCUT2D eigenvalue weighted by molar-refractivity contribution is 9.11. The molecule has 14 heavy (non-hydrogen) atoms. The summed E-state index contributed by atoms with van der Waals surface area (Å²) in [6.07, 6.45) is 3.97.